The average Bonchev–Trinajstić information content (AvgIpc) is 2.26. The molecule has 0 spiro atoms. The van der Waals surface area contributed by atoms with Gasteiger partial charge in [-0.1, -0.05) is 33.8 Å². The Morgan fingerprint density at radius 1 is 0.727 bits per heavy atom. The predicted octanol–water partition coefficient (Wildman–Crippen LogP) is 6.29. The number of ether oxygens (including phenoxy) is 2. The molecule has 1 rings (SSSR count). The zero-order valence-electron chi connectivity index (χ0n) is 16.1. The SMILES string of the molecule is CC(C)c1ccc(OC(C)(C)C)c(OC(C)(C)C)c1C(C)C. The lowest BCUT2D eigenvalue weighted by atomic mass is 9.89. The van der Waals surface area contributed by atoms with Crippen LogP contribution in [0.15, 0.2) is 12.1 Å². The van der Waals surface area contributed by atoms with E-state index in [0.717, 1.165) is 11.5 Å². The number of hydrogen-bond acceptors (Lipinski definition) is 2. The fourth-order valence-corrected chi connectivity index (χ4v) is 2.52. The Hall–Kier alpha value is -1.18. The third-order valence-electron chi connectivity index (χ3n) is 3.22. The summed E-state index contributed by atoms with van der Waals surface area (Å²) in [5.74, 6) is 2.60. The third kappa shape index (κ3) is 5.23. The molecule has 0 radical (unpaired) electrons. The Morgan fingerprint density at radius 3 is 1.59 bits per heavy atom. The Morgan fingerprint density at radius 2 is 1.23 bits per heavy atom. The van der Waals surface area contributed by atoms with Crippen LogP contribution in [-0.2, 0) is 0 Å². The molecular weight excluding hydrogens is 272 g/mol. The van der Waals surface area contributed by atoms with Crippen molar-refractivity contribution >= 4 is 0 Å². The van der Waals surface area contributed by atoms with Crippen molar-refractivity contribution in [2.75, 3.05) is 0 Å². The summed E-state index contributed by atoms with van der Waals surface area (Å²) in [4.78, 5) is 0. The Labute approximate surface area is 137 Å². The second-order valence-corrected chi connectivity index (χ2v) is 8.63. The largest absolute Gasteiger partial charge is 0.484 e. The molecule has 1 aromatic carbocycles. The summed E-state index contributed by atoms with van der Waals surface area (Å²) < 4.78 is 12.5. The van der Waals surface area contributed by atoms with Gasteiger partial charge in [-0.25, -0.2) is 0 Å². The molecule has 0 saturated carbocycles. The van der Waals surface area contributed by atoms with Gasteiger partial charge in [0, 0.05) is 5.56 Å². The molecule has 0 fully saturated rings. The summed E-state index contributed by atoms with van der Waals surface area (Å²) in [5, 5.41) is 0. The van der Waals surface area contributed by atoms with Crippen LogP contribution in [-0.4, -0.2) is 11.2 Å². The fourth-order valence-electron chi connectivity index (χ4n) is 2.52. The summed E-state index contributed by atoms with van der Waals surface area (Å²) in [6.07, 6.45) is 0. The zero-order chi connectivity index (χ0) is 17.3. The van der Waals surface area contributed by atoms with Crippen molar-refractivity contribution in [1.82, 2.24) is 0 Å². The second kappa shape index (κ2) is 6.52. The monoisotopic (exact) mass is 306 g/mol. The van der Waals surface area contributed by atoms with Crippen LogP contribution < -0.4 is 9.47 Å². The maximum atomic E-state index is 6.34. The highest BCUT2D eigenvalue weighted by Gasteiger charge is 2.26. The first-order valence-electron chi connectivity index (χ1n) is 8.36. The van der Waals surface area contributed by atoms with Crippen LogP contribution in [0.2, 0.25) is 0 Å². The summed E-state index contributed by atoms with van der Waals surface area (Å²) in [7, 11) is 0. The molecule has 0 aliphatic carbocycles. The molecule has 0 aliphatic heterocycles. The van der Waals surface area contributed by atoms with Gasteiger partial charge in [0.15, 0.2) is 11.5 Å². The highest BCUT2D eigenvalue weighted by atomic mass is 16.5. The average molecular weight is 306 g/mol. The van der Waals surface area contributed by atoms with E-state index in [2.05, 4.69) is 81.4 Å². The normalized spacial score (nSPS) is 12.9. The number of hydrogen-bond donors (Lipinski definition) is 0. The lowest BCUT2D eigenvalue weighted by Crippen LogP contribution is -2.27. The molecule has 0 unspecified atom stereocenters. The number of benzene rings is 1. The van der Waals surface area contributed by atoms with Gasteiger partial charge in [-0.05, 0) is 65.0 Å². The molecule has 1 aromatic rings. The van der Waals surface area contributed by atoms with E-state index in [9.17, 15) is 0 Å². The number of rotatable bonds is 4. The van der Waals surface area contributed by atoms with E-state index in [-0.39, 0.29) is 11.2 Å². The van der Waals surface area contributed by atoms with Gasteiger partial charge in [-0.2, -0.15) is 0 Å². The van der Waals surface area contributed by atoms with Gasteiger partial charge in [0.2, 0.25) is 0 Å². The smallest absolute Gasteiger partial charge is 0.165 e. The summed E-state index contributed by atoms with van der Waals surface area (Å²) in [6.45, 7) is 21.4. The van der Waals surface area contributed by atoms with Crippen molar-refractivity contribution in [3.05, 3.63) is 23.3 Å². The lowest BCUT2D eigenvalue weighted by molar-refractivity contribution is 0.0942. The highest BCUT2D eigenvalue weighted by molar-refractivity contribution is 5.53. The van der Waals surface area contributed by atoms with Crippen molar-refractivity contribution in [1.29, 1.82) is 0 Å². The maximum absolute atomic E-state index is 6.34. The molecule has 126 valence electrons. The minimum absolute atomic E-state index is 0.246. The van der Waals surface area contributed by atoms with Gasteiger partial charge in [0.25, 0.3) is 0 Å². The topological polar surface area (TPSA) is 18.5 Å². The van der Waals surface area contributed by atoms with Gasteiger partial charge in [-0.15, -0.1) is 0 Å². The molecule has 2 heteroatoms. The molecule has 0 saturated heterocycles. The molecule has 2 nitrogen and oxygen atoms in total. The second-order valence-electron chi connectivity index (χ2n) is 8.63. The molecular formula is C20H34O2. The molecule has 0 heterocycles. The standard InChI is InChI=1S/C20H34O2/c1-13(2)15-11-12-16(21-19(5,6)7)18(17(15)14(3)4)22-20(8,9)10/h11-14H,1-10H3. The Balaban J connectivity index is 3.55. The minimum atomic E-state index is -0.255. The van der Waals surface area contributed by atoms with Crippen molar-refractivity contribution < 1.29 is 9.47 Å². The summed E-state index contributed by atoms with van der Waals surface area (Å²) in [6, 6.07) is 4.25. The van der Waals surface area contributed by atoms with E-state index in [1.54, 1.807) is 0 Å². The van der Waals surface area contributed by atoms with Crippen molar-refractivity contribution in [3.63, 3.8) is 0 Å². The Kier molecular flexibility index (Phi) is 5.59. The Bertz CT molecular complexity index is 500. The van der Waals surface area contributed by atoms with Gasteiger partial charge in [-0.3, -0.25) is 0 Å². The van der Waals surface area contributed by atoms with E-state index in [0.29, 0.717) is 11.8 Å². The zero-order valence-corrected chi connectivity index (χ0v) is 16.1. The summed E-state index contributed by atoms with van der Waals surface area (Å²) >= 11 is 0. The van der Waals surface area contributed by atoms with Crippen molar-refractivity contribution in [3.8, 4) is 11.5 Å². The van der Waals surface area contributed by atoms with Crippen LogP contribution >= 0.6 is 0 Å². The quantitative estimate of drug-likeness (QED) is 0.651. The predicted molar refractivity (Wildman–Crippen MR) is 95.4 cm³/mol. The van der Waals surface area contributed by atoms with Crippen LogP contribution in [0.4, 0.5) is 0 Å². The van der Waals surface area contributed by atoms with Crippen molar-refractivity contribution in [2.24, 2.45) is 0 Å². The van der Waals surface area contributed by atoms with Crippen LogP contribution in [0.1, 0.15) is 92.2 Å². The first kappa shape index (κ1) is 18.9. The van der Waals surface area contributed by atoms with Crippen LogP contribution in [0.5, 0.6) is 11.5 Å². The van der Waals surface area contributed by atoms with Gasteiger partial charge in [0.05, 0.1) is 0 Å². The van der Waals surface area contributed by atoms with Crippen LogP contribution in [0.25, 0.3) is 0 Å². The molecule has 0 aromatic heterocycles. The van der Waals surface area contributed by atoms with Crippen LogP contribution in [0.3, 0.4) is 0 Å². The van der Waals surface area contributed by atoms with Crippen molar-refractivity contribution in [2.45, 2.75) is 92.3 Å². The highest BCUT2D eigenvalue weighted by Crippen LogP contribution is 2.43. The van der Waals surface area contributed by atoms with Gasteiger partial charge in [0.1, 0.15) is 11.2 Å². The third-order valence-corrected chi connectivity index (χ3v) is 3.22. The van der Waals surface area contributed by atoms with Gasteiger partial charge >= 0.3 is 0 Å². The van der Waals surface area contributed by atoms with E-state index >= 15 is 0 Å². The lowest BCUT2D eigenvalue weighted by Gasteiger charge is -2.31. The first-order chi connectivity index (χ1) is 9.82. The van der Waals surface area contributed by atoms with Crippen LogP contribution in [0, 0.1) is 0 Å². The van der Waals surface area contributed by atoms with E-state index in [4.69, 9.17) is 9.47 Å². The van der Waals surface area contributed by atoms with E-state index in [1.165, 1.54) is 11.1 Å². The molecule has 0 atom stereocenters. The molecule has 0 bridgehead atoms. The minimum Gasteiger partial charge on any atom is -0.484 e. The molecule has 0 amide bonds. The molecule has 22 heavy (non-hydrogen) atoms. The molecule has 0 N–H and O–H groups in total. The van der Waals surface area contributed by atoms with E-state index in [1.807, 2.05) is 0 Å². The molecule has 0 aliphatic rings. The first-order valence-corrected chi connectivity index (χ1v) is 8.36. The van der Waals surface area contributed by atoms with Gasteiger partial charge < -0.3 is 9.47 Å². The summed E-state index contributed by atoms with van der Waals surface area (Å²) in [5.41, 5.74) is 2.11. The fraction of sp³-hybridized carbons (Fsp3) is 0.700. The van der Waals surface area contributed by atoms with E-state index < -0.39 is 0 Å². The maximum Gasteiger partial charge on any atom is 0.165 e.